The summed E-state index contributed by atoms with van der Waals surface area (Å²) in [4.78, 5) is 27.0. The van der Waals surface area contributed by atoms with Gasteiger partial charge in [-0.2, -0.15) is 0 Å². The van der Waals surface area contributed by atoms with Crippen LogP contribution in [-0.4, -0.2) is 9.13 Å². The summed E-state index contributed by atoms with van der Waals surface area (Å²) in [5.41, 5.74) is 3.21. The molecule has 0 N–H and O–H groups in total. The fourth-order valence-corrected chi connectivity index (χ4v) is 4.08. The highest BCUT2D eigenvalue weighted by Crippen LogP contribution is 2.26. The molecular formula is C25H19FN2O3. The Hall–Kier alpha value is -3.93. The Kier molecular flexibility index (Phi) is 4.36. The van der Waals surface area contributed by atoms with Gasteiger partial charge in [0.1, 0.15) is 16.9 Å². The average Bonchev–Trinajstić information content (AvgIpc) is 3.12. The molecule has 0 spiro atoms. The number of furan rings is 1. The van der Waals surface area contributed by atoms with Crippen molar-refractivity contribution in [3.8, 4) is 5.69 Å². The van der Waals surface area contributed by atoms with Crippen LogP contribution >= 0.6 is 0 Å². The molecule has 0 amide bonds. The SMILES string of the molecule is Cc1cc(C)cc(-n2c(=O)c3oc4ccccc4c3n(Cc3ccc(F)cc3)c2=O)c1. The minimum Gasteiger partial charge on any atom is -0.449 e. The van der Waals surface area contributed by atoms with Gasteiger partial charge >= 0.3 is 11.2 Å². The lowest BCUT2D eigenvalue weighted by Crippen LogP contribution is -2.39. The largest absolute Gasteiger partial charge is 0.449 e. The highest BCUT2D eigenvalue weighted by molar-refractivity contribution is 6.02. The molecule has 0 bridgehead atoms. The van der Waals surface area contributed by atoms with Gasteiger partial charge in [0.15, 0.2) is 0 Å². The summed E-state index contributed by atoms with van der Waals surface area (Å²) >= 11 is 0. The van der Waals surface area contributed by atoms with Crippen LogP contribution in [0.15, 0.2) is 80.7 Å². The molecule has 6 heteroatoms. The number of rotatable bonds is 3. The third kappa shape index (κ3) is 3.17. The van der Waals surface area contributed by atoms with Crippen molar-refractivity contribution in [3.05, 3.63) is 110 Å². The van der Waals surface area contributed by atoms with Crippen LogP contribution in [0.3, 0.4) is 0 Å². The molecule has 2 heterocycles. The second-order valence-electron chi connectivity index (χ2n) is 7.76. The number of hydrogen-bond acceptors (Lipinski definition) is 3. The fourth-order valence-electron chi connectivity index (χ4n) is 4.08. The zero-order valence-corrected chi connectivity index (χ0v) is 17.1. The van der Waals surface area contributed by atoms with E-state index in [1.54, 1.807) is 30.3 Å². The number of hydrogen-bond donors (Lipinski definition) is 0. The third-order valence-corrected chi connectivity index (χ3v) is 5.38. The average molecular weight is 414 g/mol. The van der Waals surface area contributed by atoms with Crippen molar-refractivity contribution in [3.63, 3.8) is 0 Å². The minimum atomic E-state index is -0.503. The van der Waals surface area contributed by atoms with Crippen LogP contribution in [0.2, 0.25) is 0 Å². The Morgan fingerprint density at radius 3 is 2.29 bits per heavy atom. The number of benzene rings is 3. The molecule has 5 rings (SSSR count). The first-order chi connectivity index (χ1) is 14.9. The smallest absolute Gasteiger partial charge is 0.336 e. The molecule has 31 heavy (non-hydrogen) atoms. The number of para-hydroxylation sites is 1. The van der Waals surface area contributed by atoms with Crippen LogP contribution in [0.4, 0.5) is 4.39 Å². The molecule has 0 aliphatic heterocycles. The zero-order valence-electron chi connectivity index (χ0n) is 17.1. The first-order valence-corrected chi connectivity index (χ1v) is 9.92. The van der Waals surface area contributed by atoms with Gasteiger partial charge in [-0.1, -0.05) is 30.3 Å². The van der Waals surface area contributed by atoms with Gasteiger partial charge in [-0.3, -0.25) is 9.36 Å². The normalized spacial score (nSPS) is 11.5. The van der Waals surface area contributed by atoms with Crippen molar-refractivity contribution in [1.82, 2.24) is 9.13 Å². The first kappa shape index (κ1) is 19.1. The summed E-state index contributed by atoms with van der Waals surface area (Å²) in [6.07, 6.45) is 0. The molecule has 0 saturated heterocycles. The van der Waals surface area contributed by atoms with Gasteiger partial charge in [-0.15, -0.1) is 0 Å². The van der Waals surface area contributed by atoms with Gasteiger partial charge in [-0.05, 0) is 66.9 Å². The number of halogens is 1. The molecule has 0 saturated carbocycles. The second kappa shape index (κ2) is 7.09. The van der Waals surface area contributed by atoms with E-state index in [9.17, 15) is 14.0 Å². The third-order valence-electron chi connectivity index (χ3n) is 5.38. The highest BCUT2D eigenvalue weighted by atomic mass is 19.1. The summed E-state index contributed by atoms with van der Waals surface area (Å²) in [6, 6.07) is 18.8. The quantitative estimate of drug-likeness (QED) is 0.430. The van der Waals surface area contributed by atoms with Gasteiger partial charge in [-0.25, -0.2) is 13.8 Å². The molecule has 0 unspecified atom stereocenters. The number of aryl methyl sites for hydroxylation is 2. The Morgan fingerprint density at radius 1 is 0.903 bits per heavy atom. The molecule has 5 aromatic rings. The summed E-state index contributed by atoms with van der Waals surface area (Å²) in [6.45, 7) is 4.00. The first-order valence-electron chi connectivity index (χ1n) is 9.92. The van der Waals surface area contributed by atoms with Gasteiger partial charge in [0, 0.05) is 5.39 Å². The lowest BCUT2D eigenvalue weighted by molar-refractivity contribution is 0.624. The van der Waals surface area contributed by atoms with Crippen LogP contribution in [0.5, 0.6) is 0 Å². The number of aromatic nitrogens is 2. The Bertz CT molecular complexity index is 1550. The zero-order chi connectivity index (χ0) is 21.7. The Morgan fingerprint density at radius 2 is 1.58 bits per heavy atom. The van der Waals surface area contributed by atoms with Crippen LogP contribution in [0.25, 0.3) is 27.8 Å². The van der Waals surface area contributed by atoms with Crippen molar-refractivity contribution >= 4 is 22.1 Å². The maximum Gasteiger partial charge on any atom is 0.336 e. The second-order valence-corrected chi connectivity index (χ2v) is 7.76. The summed E-state index contributed by atoms with van der Waals surface area (Å²) in [7, 11) is 0. The van der Waals surface area contributed by atoms with Crippen molar-refractivity contribution in [2.75, 3.05) is 0 Å². The van der Waals surface area contributed by atoms with Crippen LogP contribution in [0, 0.1) is 19.7 Å². The van der Waals surface area contributed by atoms with Crippen LogP contribution < -0.4 is 11.2 Å². The topological polar surface area (TPSA) is 57.1 Å². The van der Waals surface area contributed by atoms with E-state index in [0.717, 1.165) is 21.3 Å². The summed E-state index contributed by atoms with van der Waals surface area (Å²) < 4.78 is 22.0. The monoisotopic (exact) mass is 414 g/mol. The van der Waals surface area contributed by atoms with Gasteiger partial charge in [0.05, 0.1) is 12.2 Å². The summed E-state index contributed by atoms with van der Waals surface area (Å²) in [5, 5.41) is 0.682. The lowest BCUT2D eigenvalue weighted by Gasteiger charge is -2.13. The standard InChI is InChI=1S/C25H19FN2O3/c1-15-11-16(2)13-19(12-15)28-24(29)23-22(20-5-3-4-6-21(20)31-23)27(25(28)30)14-17-7-9-18(26)10-8-17/h3-13H,14H2,1-2H3. The van der Waals surface area contributed by atoms with E-state index in [0.29, 0.717) is 22.2 Å². The predicted molar refractivity (Wildman–Crippen MR) is 119 cm³/mol. The molecular weight excluding hydrogens is 395 g/mol. The number of nitrogens with zero attached hydrogens (tertiary/aromatic N) is 2. The van der Waals surface area contributed by atoms with Gasteiger partial charge in [0.2, 0.25) is 5.58 Å². The van der Waals surface area contributed by atoms with E-state index in [2.05, 4.69) is 0 Å². The fraction of sp³-hybridized carbons (Fsp3) is 0.120. The summed E-state index contributed by atoms with van der Waals surface area (Å²) in [5.74, 6) is -0.352. The Balaban J connectivity index is 1.89. The number of fused-ring (bicyclic) bond motifs is 3. The van der Waals surface area contributed by atoms with E-state index in [1.165, 1.54) is 16.7 Å². The Labute approximate surface area is 176 Å². The molecule has 2 aromatic heterocycles. The molecule has 0 radical (unpaired) electrons. The van der Waals surface area contributed by atoms with E-state index in [4.69, 9.17) is 4.42 Å². The van der Waals surface area contributed by atoms with E-state index < -0.39 is 11.2 Å². The van der Waals surface area contributed by atoms with Crippen LogP contribution in [-0.2, 0) is 6.54 Å². The van der Waals surface area contributed by atoms with E-state index >= 15 is 0 Å². The van der Waals surface area contributed by atoms with Crippen LogP contribution in [0.1, 0.15) is 16.7 Å². The minimum absolute atomic E-state index is 0.113. The van der Waals surface area contributed by atoms with Crippen molar-refractivity contribution < 1.29 is 8.81 Å². The molecule has 0 aliphatic carbocycles. The highest BCUT2D eigenvalue weighted by Gasteiger charge is 2.21. The van der Waals surface area contributed by atoms with Gasteiger partial charge in [0.25, 0.3) is 0 Å². The maximum absolute atomic E-state index is 13.6. The van der Waals surface area contributed by atoms with E-state index in [-0.39, 0.29) is 17.9 Å². The van der Waals surface area contributed by atoms with Crippen molar-refractivity contribution in [1.29, 1.82) is 0 Å². The predicted octanol–water partition coefficient (Wildman–Crippen LogP) is 4.70. The molecule has 0 fully saturated rings. The molecule has 0 atom stereocenters. The molecule has 5 nitrogen and oxygen atoms in total. The molecule has 154 valence electrons. The lowest BCUT2D eigenvalue weighted by atomic mass is 10.1. The van der Waals surface area contributed by atoms with Gasteiger partial charge < -0.3 is 4.42 Å². The van der Waals surface area contributed by atoms with Crippen molar-refractivity contribution in [2.24, 2.45) is 0 Å². The van der Waals surface area contributed by atoms with Crippen molar-refractivity contribution in [2.45, 2.75) is 20.4 Å². The van der Waals surface area contributed by atoms with E-state index in [1.807, 2.05) is 38.1 Å². The molecule has 0 aliphatic rings. The maximum atomic E-state index is 13.6. The molecule has 3 aromatic carbocycles.